The van der Waals surface area contributed by atoms with Crippen molar-refractivity contribution in [1.82, 2.24) is 15.8 Å². The number of ether oxygens (including phenoxy) is 2. The highest BCUT2D eigenvalue weighted by Gasteiger charge is 2.44. The van der Waals surface area contributed by atoms with Crippen LogP contribution in [0.25, 0.3) is 0 Å². The number of hydrazine groups is 1. The number of piperidine rings is 1. The standard InChI is InChI=1S/C17H31N3O4/c1-16(2,3)23-14(21)19-18-11-9-12-7-8-13(10-11)20(12)15(22)24-17(4,5)6/h11-13,18H,7-10H2,1-6H3,(H,19,21). The van der Waals surface area contributed by atoms with E-state index in [0.29, 0.717) is 0 Å². The Morgan fingerprint density at radius 3 is 1.88 bits per heavy atom. The fraction of sp³-hybridized carbons (Fsp3) is 0.882. The molecule has 0 aromatic carbocycles. The van der Waals surface area contributed by atoms with Crippen LogP contribution in [0.2, 0.25) is 0 Å². The van der Waals surface area contributed by atoms with Gasteiger partial charge in [0.25, 0.3) is 0 Å². The summed E-state index contributed by atoms with van der Waals surface area (Å²) >= 11 is 0. The molecule has 0 saturated carbocycles. The molecule has 0 aromatic rings. The summed E-state index contributed by atoms with van der Waals surface area (Å²) in [5, 5.41) is 0. The number of carbonyl (C=O) groups excluding carboxylic acids is 2. The third-order valence-electron chi connectivity index (χ3n) is 4.11. The molecular weight excluding hydrogens is 310 g/mol. The first kappa shape index (κ1) is 18.8. The lowest BCUT2D eigenvalue weighted by Crippen LogP contribution is -2.56. The van der Waals surface area contributed by atoms with Crippen LogP contribution < -0.4 is 10.9 Å². The molecule has 2 heterocycles. The molecule has 7 heteroatoms. The summed E-state index contributed by atoms with van der Waals surface area (Å²) < 4.78 is 10.7. The van der Waals surface area contributed by atoms with E-state index in [1.54, 1.807) is 0 Å². The SMILES string of the molecule is CC(C)(C)OC(=O)NNC1CC2CCC(C1)N2C(=O)OC(C)(C)C. The molecular formula is C17H31N3O4. The first-order valence-corrected chi connectivity index (χ1v) is 8.70. The van der Waals surface area contributed by atoms with E-state index >= 15 is 0 Å². The lowest BCUT2D eigenvalue weighted by Gasteiger charge is -2.39. The summed E-state index contributed by atoms with van der Waals surface area (Å²) in [6.45, 7) is 11.1. The van der Waals surface area contributed by atoms with E-state index in [1.807, 2.05) is 46.4 Å². The molecule has 2 atom stereocenters. The number of hydrogen-bond acceptors (Lipinski definition) is 5. The van der Waals surface area contributed by atoms with E-state index in [2.05, 4.69) is 10.9 Å². The third kappa shape index (κ3) is 5.26. The maximum absolute atomic E-state index is 12.4. The van der Waals surface area contributed by atoms with Crippen molar-refractivity contribution in [2.24, 2.45) is 0 Å². The van der Waals surface area contributed by atoms with Gasteiger partial charge in [-0.05, 0) is 67.2 Å². The molecule has 2 unspecified atom stereocenters. The molecule has 0 spiro atoms. The number of amides is 2. The minimum absolute atomic E-state index is 0.133. The zero-order valence-electron chi connectivity index (χ0n) is 15.6. The molecule has 0 aliphatic carbocycles. The maximum atomic E-state index is 12.4. The maximum Gasteiger partial charge on any atom is 0.422 e. The molecule has 2 aliphatic rings. The first-order valence-electron chi connectivity index (χ1n) is 8.70. The lowest BCUT2D eigenvalue weighted by atomic mass is 9.98. The Hall–Kier alpha value is -1.50. The van der Waals surface area contributed by atoms with Gasteiger partial charge in [-0.1, -0.05) is 0 Å². The van der Waals surface area contributed by atoms with Crippen LogP contribution in [-0.4, -0.2) is 46.4 Å². The Morgan fingerprint density at radius 2 is 1.42 bits per heavy atom. The van der Waals surface area contributed by atoms with Crippen LogP contribution in [-0.2, 0) is 9.47 Å². The minimum atomic E-state index is -0.523. The van der Waals surface area contributed by atoms with Crippen molar-refractivity contribution in [2.75, 3.05) is 0 Å². The molecule has 2 N–H and O–H groups in total. The van der Waals surface area contributed by atoms with Crippen LogP contribution in [0, 0.1) is 0 Å². The molecule has 0 aromatic heterocycles. The fourth-order valence-electron chi connectivity index (χ4n) is 3.37. The van der Waals surface area contributed by atoms with Crippen molar-refractivity contribution in [1.29, 1.82) is 0 Å². The Morgan fingerprint density at radius 1 is 0.917 bits per heavy atom. The number of fused-ring (bicyclic) bond motifs is 2. The highest BCUT2D eigenvalue weighted by molar-refractivity contribution is 5.70. The van der Waals surface area contributed by atoms with Gasteiger partial charge in [0.1, 0.15) is 11.2 Å². The molecule has 2 aliphatic heterocycles. The van der Waals surface area contributed by atoms with Gasteiger partial charge in [-0.2, -0.15) is 0 Å². The first-order chi connectivity index (χ1) is 10.9. The van der Waals surface area contributed by atoms with Gasteiger partial charge in [0.05, 0.1) is 0 Å². The average Bonchev–Trinajstić information content (AvgIpc) is 2.64. The van der Waals surface area contributed by atoms with Crippen LogP contribution in [0.15, 0.2) is 0 Å². The number of hydrogen-bond donors (Lipinski definition) is 2. The normalized spacial score (nSPS) is 26.9. The van der Waals surface area contributed by atoms with E-state index in [9.17, 15) is 9.59 Å². The Labute approximate surface area is 144 Å². The number of rotatable bonds is 2. The number of nitrogens with one attached hydrogen (secondary N) is 2. The van der Waals surface area contributed by atoms with E-state index in [0.717, 1.165) is 25.7 Å². The summed E-state index contributed by atoms with van der Waals surface area (Å²) in [4.78, 5) is 26.0. The van der Waals surface area contributed by atoms with Gasteiger partial charge in [-0.3, -0.25) is 5.43 Å². The number of nitrogens with zero attached hydrogens (tertiary/aromatic N) is 1. The second-order valence-corrected chi connectivity index (χ2v) is 8.71. The summed E-state index contributed by atoms with van der Waals surface area (Å²) in [5.74, 6) is 0. The molecule has 0 radical (unpaired) electrons. The van der Waals surface area contributed by atoms with Crippen LogP contribution in [0.4, 0.5) is 9.59 Å². The average molecular weight is 341 g/mol. The van der Waals surface area contributed by atoms with Gasteiger partial charge in [0, 0.05) is 18.1 Å². The quantitative estimate of drug-likeness (QED) is 0.755. The van der Waals surface area contributed by atoms with E-state index in [-0.39, 0.29) is 24.2 Å². The number of carbonyl (C=O) groups is 2. The van der Waals surface area contributed by atoms with Crippen LogP contribution in [0.3, 0.4) is 0 Å². The summed E-state index contributed by atoms with van der Waals surface area (Å²) in [7, 11) is 0. The lowest BCUT2D eigenvalue weighted by molar-refractivity contribution is 0.00314. The van der Waals surface area contributed by atoms with Gasteiger partial charge in [-0.15, -0.1) is 0 Å². The van der Waals surface area contributed by atoms with Crippen molar-refractivity contribution in [3.05, 3.63) is 0 Å². The van der Waals surface area contributed by atoms with Crippen molar-refractivity contribution < 1.29 is 19.1 Å². The Bertz CT molecular complexity index is 467. The van der Waals surface area contributed by atoms with Gasteiger partial charge >= 0.3 is 12.2 Å². The van der Waals surface area contributed by atoms with Gasteiger partial charge in [-0.25, -0.2) is 15.0 Å². The third-order valence-corrected chi connectivity index (χ3v) is 4.11. The second kappa shape index (κ2) is 6.78. The molecule has 7 nitrogen and oxygen atoms in total. The van der Waals surface area contributed by atoms with Gasteiger partial charge < -0.3 is 14.4 Å². The van der Waals surface area contributed by atoms with E-state index in [1.165, 1.54) is 0 Å². The van der Waals surface area contributed by atoms with Crippen LogP contribution in [0.1, 0.15) is 67.2 Å². The molecule has 2 bridgehead atoms. The van der Waals surface area contributed by atoms with E-state index < -0.39 is 17.3 Å². The predicted molar refractivity (Wildman–Crippen MR) is 90.4 cm³/mol. The van der Waals surface area contributed by atoms with E-state index in [4.69, 9.17) is 9.47 Å². The summed E-state index contributed by atoms with van der Waals surface area (Å²) in [6.07, 6.45) is 2.85. The highest BCUT2D eigenvalue weighted by atomic mass is 16.6. The molecule has 2 rings (SSSR count). The molecule has 2 amide bonds. The Kier molecular flexibility index (Phi) is 5.32. The van der Waals surface area contributed by atoms with Crippen molar-refractivity contribution in [2.45, 2.75) is 96.6 Å². The molecule has 24 heavy (non-hydrogen) atoms. The monoisotopic (exact) mass is 341 g/mol. The van der Waals surface area contributed by atoms with Crippen LogP contribution in [0.5, 0.6) is 0 Å². The summed E-state index contributed by atoms with van der Waals surface area (Å²) in [6, 6.07) is 0.460. The van der Waals surface area contributed by atoms with Crippen LogP contribution >= 0.6 is 0 Å². The van der Waals surface area contributed by atoms with Gasteiger partial charge in [0.2, 0.25) is 0 Å². The predicted octanol–water partition coefficient (Wildman–Crippen LogP) is 2.95. The largest absolute Gasteiger partial charge is 0.444 e. The summed E-state index contributed by atoms with van der Waals surface area (Å²) in [5.41, 5.74) is 4.66. The molecule has 2 saturated heterocycles. The topological polar surface area (TPSA) is 79.9 Å². The second-order valence-electron chi connectivity index (χ2n) is 8.71. The fourth-order valence-corrected chi connectivity index (χ4v) is 3.37. The van der Waals surface area contributed by atoms with Crippen molar-refractivity contribution in [3.8, 4) is 0 Å². The van der Waals surface area contributed by atoms with Crippen molar-refractivity contribution >= 4 is 12.2 Å². The Balaban J connectivity index is 1.84. The minimum Gasteiger partial charge on any atom is -0.444 e. The van der Waals surface area contributed by atoms with Crippen molar-refractivity contribution in [3.63, 3.8) is 0 Å². The zero-order chi connectivity index (χ0) is 18.1. The highest BCUT2D eigenvalue weighted by Crippen LogP contribution is 2.36. The zero-order valence-corrected chi connectivity index (χ0v) is 15.6. The smallest absolute Gasteiger partial charge is 0.422 e. The molecule has 2 fully saturated rings. The molecule has 138 valence electrons. The van der Waals surface area contributed by atoms with Gasteiger partial charge in [0.15, 0.2) is 0 Å².